The number of hydrogen-bond acceptors (Lipinski definition) is 4. The van der Waals surface area contributed by atoms with Crippen LogP contribution in [0.1, 0.15) is 26.7 Å². The van der Waals surface area contributed by atoms with Crippen LogP contribution in [0.25, 0.3) is 0 Å². The van der Waals surface area contributed by atoms with Crippen molar-refractivity contribution in [3.63, 3.8) is 0 Å². The highest BCUT2D eigenvalue weighted by molar-refractivity contribution is 5.76. The highest BCUT2D eigenvalue weighted by atomic mass is 16.5. The molecule has 0 radical (unpaired) electrons. The van der Waals surface area contributed by atoms with Gasteiger partial charge in [0.2, 0.25) is 5.91 Å². The quantitative estimate of drug-likeness (QED) is 0.817. The van der Waals surface area contributed by atoms with Gasteiger partial charge in [0.05, 0.1) is 25.9 Å². The van der Waals surface area contributed by atoms with Crippen LogP contribution in [0, 0.1) is 11.3 Å². The Labute approximate surface area is 115 Å². The summed E-state index contributed by atoms with van der Waals surface area (Å²) in [4.78, 5) is 14.3. The lowest BCUT2D eigenvalue weighted by Gasteiger charge is -2.29. The minimum absolute atomic E-state index is 0.0398. The second-order valence-electron chi connectivity index (χ2n) is 6.53. The van der Waals surface area contributed by atoms with Gasteiger partial charge >= 0.3 is 0 Å². The summed E-state index contributed by atoms with van der Waals surface area (Å²) in [7, 11) is 0. The summed E-state index contributed by atoms with van der Waals surface area (Å²) in [5.41, 5.74) is 5.63. The Balaban J connectivity index is 1.85. The maximum absolute atomic E-state index is 12.4. The molecule has 0 spiro atoms. The Hall–Kier alpha value is -0.650. The van der Waals surface area contributed by atoms with E-state index >= 15 is 0 Å². The lowest BCUT2D eigenvalue weighted by molar-refractivity contribution is -0.133. The van der Waals surface area contributed by atoms with Crippen LogP contribution in [0.3, 0.4) is 0 Å². The number of carbonyl (C=O) groups is 1. The van der Waals surface area contributed by atoms with Crippen molar-refractivity contribution in [2.45, 2.75) is 32.8 Å². The topological polar surface area (TPSA) is 64.8 Å². The fourth-order valence-electron chi connectivity index (χ4n) is 2.84. The molecule has 2 fully saturated rings. The van der Waals surface area contributed by atoms with Gasteiger partial charge in [-0.3, -0.25) is 4.79 Å². The first-order valence-corrected chi connectivity index (χ1v) is 7.17. The molecule has 19 heavy (non-hydrogen) atoms. The van der Waals surface area contributed by atoms with E-state index in [4.69, 9.17) is 15.2 Å². The summed E-state index contributed by atoms with van der Waals surface area (Å²) in [6.07, 6.45) is 1.63. The number of hydrogen-bond donors (Lipinski definition) is 1. The van der Waals surface area contributed by atoms with Crippen molar-refractivity contribution in [3.8, 4) is 0 Å². The monoisotopic (exact) mass is 270 g/mol. The lowest BCUT2D eigenvalue weighted by atomic mass is 9.93. The molecule has 1 amide bonds. The molecule has 0 aromatic rings. The van der Waals surface area contributed by atoms with Crippen LogP contribution in [-0.2, 0) is 14.3 Å². The fraction of sp³-hybridized carbons (Fsp3) is 0.929. The average Bonchev–Trinajstić information content (AvgIpc) is 2.72. The molecule has 0 aromatic heterocycles. The van der Waals surface area contributed by atoms with Gasteiger partial charge < -0.3 is 20.1 Å². The molecule has 0 aromatic carbocycles. The van der Waals surface area contributed by atoms with Gasteiger partial charge in [0.15, 0.2) is 0 Å². The van der Waals surface area contributed by atoms with Crippen molar-refractivity contribution in [1.82, 2.24) is 4.90 Å². The Morgan fingerprint density at radius 1 is 1.47 bits per heavy atom. The highest BCUT2D eigenvalue weighted by Crippen LogP contribution is 2.25. The van der Waals surface area contributed by atoms with Crippen molar-refractivity contribution in [1.29, 1.82) is 0 Å². The molecule has 0 aliphatic carbocycles. The molecule has 0 saturated carbocycles. The number of carbonyl (C=O) groups excluding carboxylic acids is 1. The second-order valence-corrected chi connectivity index (χ2v) is 6.53. The first kappa shape index (κ1) is 14.8. The van der Waals surface area contributed by atoms with Gasteiger partial charge in [0, 0.05) is 31.5 Å². The molecule has 2 saturated heterocycles. The molecule has 110 valence electrons. The molecule has 5 nitrogen and oxygen atoms in total. The van der Waals surface area contributed by atoms with E-state index in [0.717, 1.165) is 19.6 Å². The third-order valence-electron chi connectivity index (χ3n) is 3.86. The Morgan fingerprint density at radius 3 is 2.95 bits per heavy atom. The Morgan fingerprint density at radius 2 is 2.26 bits per heavy atom. The van der Waals surface area contributed by atoms with E-state index in [1.54, 1.807) is 0 Å². The molecule has 2 aliphatic heterocycles. The van der Waals surface area contributed by atoms with Gasteiger partial charge in [0.1, 0.15) is 0 Å². The van der Waals surface area contributed by atoms with E-state index < -0.39 is 0 Å². The zero-order valence-corrected chi connectivity index (χ0v) is 12.1. The molecular formula is C14H26N2O3. The Kier molecular flexibility index (Phi) is 4.81. The number of amides is 1. The lowest BCUT2D eigenvalue weighted by Crippen LogP contribution is -2.39. The second kappa shape index (κ2) is 6.20. The van der Waals surface area contributed by atoms with E-state index in [9.17, 15) is 4.79 Å². The van der Waals surface area contributed by atoms with Crippen LogP contribution >= 0.6 is 0 Å². The number of nitrogens with two attached hydrogens (primary N) is 1. The molecule has 2 N–H and O–H groups in total. The van der Waals surface area contributed by atoms with E-state index in [2.05, 4.69) is 13.8 Å². The minimum Gasteiger partial charge on any atom is -0.379 e. The summed E-state index contributed by atoms with van der Waals surface area (Å²) in [5.74, 6) is 0.554. The van der Waals surface area contributed by atoms with Crippen LogP contribution in [0.15, 0.2) is 0 Å². The van der Waals surface area contributed by atoms with Gasteiger partial charge in [-0.05, 0) is 12.3 Å². The normalized spacial score (nSPS) is 31.2. The predicted octanol–water partition coefficient (Wildman–Crippen LogP) is 0.625. The van der Waals surface area contributed by atoms with Gasteiger partial charge in [0.25, 0.3) is 0 Å². The standard InChI is InChI=1S/C14H26N2O3/c1-14(2)9-16(3-4-18-10-14)13(17)6-11-5-12(7-15)19-8-11/h11-12H,3-10,15H2,1-2H3. The van der Waals surface area contributed by atoms with E-state index in [1.165, 1.54) is 0 Å². The van der Waals surface area contributed by atoms with Crippen LogP contribution in [0.4, 0.5) is 0 Å². The molecule has 2 aliphatic rings. The number of rotatable bonds is 3. The molecule has 2 rings (SSSR count). The molecule has 2 unspecified atom stereocenters. The highest BCUT2D eigenvalue weighted by Gasteiger charge is 2.31. The van der Waals surface area contributed by atoms with Crippen molar-refractivity contribution in [2.24, 2.45) is 17.1 Å². The van der Waals surface area contributed by atoms with Crippen molar-refractivity contribution < 1.29 is 14.3 Å². The van der Waals surface area contributed by atoms with Crippen LogP contribution in [-0.4, -0.2) is 56.4 Å². The van der Waals surface area contributed by atoms with Crippen LogP contribution in [0.5, 0.6) is 0 Å². The van der Waals surface area contributed by atoms with Crippen LogP contribution in [0.2, 0.25) is 0 Å². The summed E-state index contributed by atoms with van der Waals surface area (Å²) < 4.78 is 11.1. The maximum Gasteiger partial charge on any atom is 0.223 e. The van der Waals surface area contributed by atoms with Crippen molar-refractivity contribution in [3.05, 3.63) is 0 Å². The van der Waals surface area contributed by atoms with Gasteiger partial charge in [-0.1, -0.05) is 13.8 Å². The van der Waals surface area contributed by atoms with Gasteiger partial charge in [-0.25, -0.2) is 0 Å². The van der Waals surface area contributed by atoms with Crippen molar-refractivity contribution >= 4 is 5.91 Å². The molecule has 5 heteroatoms. The third-order valence-corrected chi connectivity index (χ3v) is 3.86. The summed E-state index contributed by atoms with van der Waals surface area (Å²) in [6, 6.07) is 0. The fourth-order valence-corrected chi connectivity index (χ4v) is 2.84. The molecule has 2 atom stereocenters. The summed E-state index contributed by atoms with van der Waals surface area (Å²) >= 11 is 0. The van der Waals surface area contributed by atoms with Gasteiger partial charge in [-0.15, -0.1) is 0 Å². The zero-order chi connectivity index (χ0) is 13.9. The molecule has 2 heterocycles. The minimum atomic E-state index is 0.0398. The first-order chi connectivity index (χ1) is 9.00. The smallest absolute Gasteiger partial charge is 0.223 e. The molecular weight excluding hydrogens is 244 g/mol. The molecule has 0 bridgehead atoms. The maximum atomic E-state index is 12.4. The SMILES string of the molecule is CC1(C)COCCN(C(=O)CC2COC(CN)C2)C1. The summed E-state index contributed by atoms with van der Waals surface area (Å²) in [6.45, 7) is 8.34. The first-order valence-electron chi connectivity index (χ1n) is 7.17. The van der Waals surface area contributed by atoms with Crippen molar-refractivity contribution in [2.75, 3.05) is 39.5 Å². The number of ether oxygens (including phenoxy) is 2. The van der Waals surface area contributed by atoms with Crippen LogP contribution < -0.4 is 5.73 Å². The predicted molar refractivity (Wildman–Crippen MR) is 72.7 cm³/mol. The average molecular weight is 270 g/mol. The van der Waals surface area contributed by atoms with E-state index in [-0.39, 0.29) is 17.4 Å². The Bertz CT molecular complexity index is 320. The van der Waals surface area contributed by atoms with E-state index in [1.807, 2.05) is 4.90 Å². The number of nitrogens with zero attached hydrogens (tertiary/aromatic N) is 1. The van der Waals surface area contributed by atoms with Gasteiger partial charge in [-0.2, -0.15) is 0 Å². The third kappa shape index (κ3) is 4.16. The summed E-state index contributed by atoms with van der Waals surface area (Å²) in [5, 5.41) is 0. The largest absolute Gasteiger partial charge is 0.379 e. The van der Waals surface area contributed by atoms with E-state index in [0.29, 0.717) is 38.6 Å². The zero-order valence-electron chi connectivity index (χ0n) is 12.1.